The van der Waals surface area contributed by atoms with E-state index in [1.54, 1.807) is 17.0 Å². The Bertz CT molecular complexity index is 587. The third-order valence-corrected chi connectivity index (χ3v) is 3.76. The molecule has 6 nitrogen and oxygen atoms in total. The summed E-state index contributed by atoms with van der Waals surface area (Å²) in [5, 5.41) is 17.4. The molecule has 2 heterocycles. The number of thiophene rings is 1. The van der Waals surface area contributed by atoms with Crippen LogP contribution < -0.4 is 0 Å². The lowest BCUT2D eigenvalue weighted by molar-refractivity contribution is -0.131. The summed E-state index contributed by atoms with van der Waals surface area (Å²) < 4.78 is 5.19. The van der Waals surface area contributed by atoms with Gasteiger partial charge in [-0.15, -0.1) is 11.3 Å². The molecule has 2 rings (SSSR count). The van der Waals surface area contributed by atoms with Gasteiger partial charge in [0, 0.05) is 17.5 Å². The first-order chi connectivity index (χ1) is 9.60. The Hall–Kier alpha value is -2.17. The molecule has 0 saturated carbocycles. The summed E-state index contributed by atoms with van der Waals surface area (Å²) in [6, 6.07) is 5.34. The topological polar surface area (TPSA) is 90.6 Å². The first-order valence-corrected chi connectivity index (χ1v) is 6.73. The summed E-state index contributed by atoms with van der Waals surface area (Å²) in [7, 11) is 0. The van der Waals surface area contributed by atoms with Crippen LogP contribution in [0.4, 0.5) is 0 Å². The molecule has 1 aliphatic heterocycles. The number of carbonyl (C=O) groups excluding carboxylic acids is 1. The van der Waals surface area contributed by atoms with Gasteiger partial charge in [0.2, 0.25) is 0 Å². The van der Waals surface area contributed by atoms with Crippen molar-refractivity contribution in [3.8, 4) is 6.07 Å². The zero-order valence-electron chi connectivity index (χ0n) is 10.5. The van der Waals surface area contributed by atoms with E-state index in [0.717, 1.165) is 6.08 Å². The number of nitriles is 1. The highest BCUT2D eigenvalue weighted by atomic mass is 32.1. The molecule has 1 aromatic heterocycles. The van der Waals surface area contributed by atoms with Gasteiger partial charge in [-0.3, -0.25) is 4.79 Å². The minimum atomic E-state index is -1.03. The molecule has 1 atom stereocenters. The predicted molar refractivity (Wildman–Crippen MR) is 72.2 cm³/mol. The van der Waals surface area contributed by atoms with Gasteiger partial charge >= 0.3 is 5.97 Å². The standard InChI is InChI=1S/C13H12N2O4S/c14-7-9-8-15(5-6-19-9)13(18)11-3-1-10(20-11)2-4-12(16)17/h1-4,9H,5-6,8H2,(H,16,17). The average Bonchev–Trinajstić information content (AvgIpc) is 2.93. The Morgan fingerprint density at radius 3 is 3.05 bits per heavy atom. The van der Waals surface area contributed by atoms with Gasteiger partial charge in [-0.25, -0.2) is 4.79 Å². The number of carboxylic acid groups (broad SMARTS) is 1. The molecule has 7 heteroatoms. The molecule has 1 unspecified atom stereocenters. The molecule has 1 aliphatic rings. The molecule has 1 aromatic rings. The van der Waals surface area contributed by atoms with Crippen molar-refractivity contribution in [2.24, 2.45) is 0 Å². The first-order valence-electron chi connectivity index (χ1n) is 5.91. The normalized spacial score (nSPS) is 18.9. The van der Waals surface area contributed by atoms with E-state index in [-0.39, 0.29) is 12.5 Å². The zero-order chi connectivity index (χ0) is 14.5. The smallest absolute Gasteiger partial charge is 0.328 e. The summed E-state index contributed by atoms with van der Waals surface area (Å²) >= 11 is 1.22. The van der Waals surface area contributed by atoms with Crippen LogP contribution in [0.1, 0.15) is 14.5 Å². The molecule has 0 aliphatic carbocycles. The minimum Gasteiger partial charge on any atom is -0.478 e. The van der Waals surface area contributed by atoms with E-state index in [2.05, 4.69) is 0 Å². The second-order valence-corrected chi connectivity index (χ2v) is 5.23. The molecule has 1 fully saturated rings. The van der Waals surface area contributed by atoms with E-state index in [9.17, 15) is 9.59 Å². The van der Waals surface area contributed by atoms with Crippen molar-refractivity contribution in [1.82, 2.24) is 4.90 Å². The van der Waals surface area contributed by atoms with Crippen molar-refractivity contribution < 1.29 is 19.4 Å². The number of hydrogen-bond donors (Lipinski definition) is 1. The Balaban J connectivity index is 2.06. The Morgan fingerprint density at radius 1 is 1.55 bits per heavy atom. The Morgan fingerprint density at radius 2 is 2.35 bits per heavy atom. The Labute approximate surface area is 119 Å². The van der Waals surface area contributed by atoms with Crippen molar-refractivity contribution >= 4 is 29.3 Å². The van der Waals surface area contributed by atoms with E-state index in [0.29, 0.717) is 22.9 Å². The number of carboxylic acids is 1. The van der Waals surface area contributed by atoms with Crippen molar-refractivity contribution in [3.63, 3.8) is 0 Å². The van der Waals surface area contributed by atoms with Gasteiger partial charge in [0.25, 0.3) is 5.91 Å². The number of hydrogen-bond acceptors (Lipinski definition) is 5. The van der Waals surface area contributed by atoms with Crippen molar-refractivity contribution in [3.05, 3.63) is 28.0 Å². The molecule has 0 aromatic carbocycles. The number of carbonyl (C=O) groups is 2. The van der Waals surface area contributed by atoms with Crippen LogP contribution in [0.2, 0.25) is 0 Å². The fourth-order valence-corrected chi connectivity index (χ4v) is 2.66. The quantitative estimate of drug-likeness (QED) is 0.846. The highest BCUT2D eigenvalue weighted by Crippen LogP contribution is 2.20. The van der Waals surface area contributed by atoms with E-state index < -0.39 is 12.1 Å². The van der Waals surface area contributed by atoms with Gasteiger partial charge in [-0.1, -0.05) is 0 Å². The maximum Gasteiger partial charge on any atom is 0.328 e. The molecule has 1 N–H and O–H groups in total. The Kier molecular flexibility index (Phi) is 4.50. The summed E-state index contributed by atoms with van der Waals surface area (Å²) in [5.41, 5.74) is 0. The van der Waals surface area contributed by atoms with Crippen LogP contribution in [0.15, 0.2) is 18.2 Å². The monoisotopic (exact) mass is 292 g/mol. The summed E-state index contributed by atoms with van der Waals surface area (Å²) in [5.74, 6) is -1.19. The lowest BCUT2D eigenvalue weighted by Crippen LogP contribution is -2.44. The third kappa shape index (κ3) is 3.44. The van der Waals surface area contributed by atoms with Gasteiger partial charge < -0.3 is 14.7 Å². The molecular weight excluding hydrogens is 280 g/mol. The molecular formula is C13H12N2O4S. The number of morpholine rings is 1. The van der Waals surface area contributed by atoms with Crippen molar-refractivity contribution in [1.29, 1.82) is 5.26 Å². The number of amides is 1. The van der Waals surface area contributed by atoms with E-state index >= 15 is 0 Å². The highest BCUT2D eigenvalue weighted by Gasteiger charge is 2.25. The summed E-state index contributed by atoms with van der Waals surface area (Å²) in [6.45, 7) is 1.06. The van der Waals surface area contributed by atoms with Gasteiger partial charge in [0.15, 0.2) is 6.10 Å². The molecule has 104 valence electrons. The van der Waals surface area contributed by atoms with Crippen LogP contribution in [0.3, 0.4) is 0 Å². The SMILES string of the molecule is N#CC1CN(C(=O)c2ccc(C=CC(=O)O)s2)CCO1. The second-order valence-electron chi connectivity index (χ2n) is 4.11. The average molecular weight is 292 g/mol. The number of nitrogens with zero attached hydrogens (tertiary/aromatic N) is 2. The molecule has 0 bridgehead atoms. The third-order valence-electron chi connectivity index (χ3n) is 2.73. The molecule has 1 saturated heterocycles. The fraction of sp³-hybridized carbons (Fsp3) is 0.308. The minimum absolute atomic E-state index is 0.159. The second kappa shape index (κ2) is 6.32. The number of aliphatic carboxylic acids is 1. The van der Waals surface area contributed by atoms with Crippen LogP contribution in [0, 0.1) is 11.3 Å². The van der Waals surface area contributed by atoms with Crippen molar-refractivity contribution in [2.45, 2.75) is 6.10 Å². The van der Waals surface area contributed by atoms with E-state index in [1.165, 1.54) is 17.4 Å². The molecule has 0 radical (unpaired) electrons. The van der Waals surface area contributed by atoms with Gasteiger partial charge in [-0.2, -0.15) is 5.26 Å². The van der Waals surface area contributed by atoms with E-state index in [1.807, 2.05) is 6.07 Å². The molecule has 1 amide bonds. The predicted octanol–water partition coefficient (Wildman–Crippen LogP) is 1.21. The van der Waals surface area contributed by atoms with Crippen LogP contribution in [0.5, 0.6) is 0 Å². The van der Waals surface area contributed by atoms with Gasteiger partial charge in [-0.05, 0) is 18.2 Å². The zero-order valence-corrected chi connectivity index (χ0v) is 11.3. The number of rotatable bonds is 3. The maximum absolute atomic E-state index is 12.2. The fourth-order valence-electron chi connectivity index (χ4n) is 1.78. The van der Waals surface area contributed by atoms with Crippen LogP contribution >= 0.6 is 11.3 Å². The van der Waals surface area contributed by atoms with Crippen LogP contribution in [-0.2, 0) is 9.53 Å². The van der Waals surface area contributed by atoms with Crippen LogP contribution in [0.25, 0.3) is 6.08 Å². The number of ether oxygens (including phenoxy) is 1. The first kappa shape index (κ1) is 14.2. The van der Waals surface area contributed by atoms with Gasteiger partial charge in [0.05, 0.1) is 24.1 Å². The summed E-state index contributed by atoms with van der Waals surface area (Å²) in [4.78, 5) is 25.5. The molecule has 20 heavy (non-hydrogen) atoms. The largest absolute Gasteiger partial charge is 0.478 e. The van der Waals surface area contributed by atoms with Crippen molar-refractivity contribution in [2.75, 3.05) is 19.7 Å². The van der Waals surface area contributed by atoms with Gasteiger partial charge in [0.1, 0.15) is 0 Å². The van der Waals surface area contributed by atoms with E-state index in [4.69, 9.17) is 15.1 Å². The lowest BCUT2D eigenvalue weighted by Gasteiger charge is -2.29. The lowest BCUT2D eigenvalue weighted by atomic mass is 10.2. The molecule has 0 spiro atoms. The van der Waals surface area contributed by atoms with Crippen LogP contribution in [-0.4, -0.2) is 47.7 Å². The maximum atomic E-state index is 12.2. The summed E-state index contributed by atoms with van der Waals surface area (Å²) in [6.07, 6.45) is 1.89. The highest BCUT2D eigenvalue weighted by molar-refractivity contribution is 7.14.